The van der Waals surface area contributed by atoms with Crippen molar-refractivity contribution < 1.29 is 9.47 Å². The first-order valence-electron chi connectivity index (χ1n) is 8.12. The number of aliphatic imine (C=N–C) groups is 1. The lowest BCUT2D eigenvalue weighted by atomic mass is 9.94. The minimum atomic E-state index is 0.693. The number of ether oxygens (including phenoxy) is 2. The summed E-state index contributed by atoms with van der Waals surface area (Å²) in [6.07, 6.45) is 3.85. The zero-order valence-corrected chi connectivity index (χ0v) is 15.0. The predicted octanol–water partition coefficient (Wildman–Crippen LogP) is 4.68. The number of fused-ring (bicyclic) bond motifs is 3. The highest BCUT2D eigenvalue weighted by molar-refractivity contribution is 7.18. The number of methoxy groups -OCH3 is 2. The summed E-state index contributed by atoms with van der Waals surface area (Å²) in [5, 5.41) is 0.788. The lowest BCUT2D eigenvalue weighted by Crippen LogP contribution is -2.01. The van der Waals surface area contributed by atoms with Crippen LogP contribution in [-0.2, 0) is 12.8 Å². The van der Waals surface area contributed by atoms with Gasteiger partial charge in [0.2, 0.25) is 5.13 Å². The van der Waals surface area contributed by atoms with Crippen molar-refractivity contribution >= 4 is 22.7 Å². The smallest absolute Gasteiger partial charge is 0.209 e. The maximum absolute atomic E-state index is 5.33. The number of aromatic nitrogens is 1. The molecule has 1 aromatic heterocycles. The molecule has 0 fully saturated rings. The van der Waals surface area contributed by atoms with Crippen LogP contribution in [0.3, 0.4) is 0 Å². The van der Waals surface area contributed by atoms with E-state index in [0.717, 1.165) is 29.2 Å². The molecule has 3 aromatic rings. The van der Waals surface area contributed by atoms with E-state index in [-0.39, 0.29) is 0 Å². The Labute approximate surface area is 150 Å². The van der Waals surface area contributed by atoms with E-state index in [1.807, 2.05) is 24.4 Å². The fourth-order valence-corrected chi connectivity index (χ4v) is 4.07. The molecule has 2 aromatic carbocycles. The van der Waals surface area contributed by atoms with E-state index >= 15 is 0 Å². The van der Waals surface area contributed by atoms with Crippen molar-refractivity contribution in [3.63, 3.8) is 0 Å². The van der Waals surface area contributed by atoms with Crippen LogP contribution in [-0.4, -0.2) is 25.4 Å². The van der Waals surface area contributed by atoms with Gasteiger partial charge in [-0.25, -0.2) is 9.98 Å². The van der Waals surface area contributed by atoms with Crippen LogP contribution in [0.2, 0.25) is 0 Å². The fraction of sp³-hybridized carbons (Fsp3) is 0.200. The van der Waals surface area contributed by atoms with Crippen LogP contribution in [0.15, 0.2) is 47.5 Å². The maximum atomic E-state index is 5.33. The van der Waals surface area contributed by atoms with Gasteiger partial charge in [-0.15, -0.1) is 0 Å². The normalized spacial score (nSPS) is 12.7. The van der Waals surface area contributed by atoms with Crippen LogP contribution in [0, 0.1) is 0 Å². The standard InChI is InChI=1S/C20H18N2O2S/c1-23-17-10-7-13(11-18(17)24-2)12-21-20-22-16-9-8-14-5-3-4-6-15(14)19(16)25-20/h3-7,10-12H,8-9H2,1-2H3/b21-12+. The van der Waals surface area contributed by atoms with E-state index < -0.39 is 0 Å². The highest BCUT2D eigenvalue weighted by atomic mass is 32.1. The first-order valence-corrected chi connectivity index (χ1v) is 8.94. The number of thiazole rings is 1. The summed E-state index contributed by atoms with van der Waals surface area (Å²) in [5.74, 6) is 1.40. The van der Waals surface area contributed by atoms with Gasteiger partial charge in [-0.2, -0.15) is 0 Å². The molecule has 1 aliphatic rings. The van der Waals surface area contributed by atoms with Crippen LogP contribution in [0.1, 0.15) is 16.8 Å². The van der Waals surface area contributed by atoms with Crippen molar-refractivity contribution in [2.45, 2.75) is 12.8 Å². The molecule has 0 spiro atoms. The monoisotopic (exact) mass is 350 g/mol. The first-order chi connectivity index (χ1) is 12.3. The molecular weight excluding hydrogens is 332 g/mol. The van der Waals surface area contributed by atoms with Gasteiger partial charge in [-0.05, 0) is 47.7 Å². The summed E-state index contributed by atoms with van der Waals surface area (Å²) in [5.41, 5.74) is 4.80. The maximum Gasteiger partial charge on any atom is 0.209 e. The zero-order chi connectivity index (χ0) is 17.2. The second-order valence-corrected chi connectivity index (χ2v) is 6.78. The number of rotatable bonds is 4. The molecule has 0 amide bonds. The molecule has 0 saturated heterocycles. The van der Waals surface area contributed by atoms with Gasteiger partial charge in [-0.3, -0.25) is 0 Å². The Kier molecular flexibility index (Phi) is 4.24. The Balaban J connectivity index is 1.63. The lowest BCUT2D eigenvalue weighted by Gasteiger charge is -2.13. The fourth-order valence-electron chi connectivity index (χ4n) is 3.05. The molecule has 0 saturated carbocycles. The third kappa shape index (κ3) is 3.03. The second-order valence-electron chi connectivity index (χ2n) is 5.80. The molecule has 0 unspecified atom stereocenters. The molecule has 0 radical (unpaired) electrons. The molecule has 4 nitrogen and oxygen atoms in total. The molecule has 0 aliphatic heterocycles. The Morgan fingerprint density at radius 1 is 1.04 bits per heavy atom. The number of nitrogens with zero attached hydrogens (tertiary/aromatic N) is 2. The highest BCUT2D eigenvalue weighted by Crippen LogP contribution is 2.40. The quantitative estimate of drug-likeness (QED) is 0.642. The van der Waals surface area contributed by atoms with Crippen LogP contribution in [0.25, 0.3) is 10.4 Å². The van der Waals surface area contributed by atoms with Gasteiger partial charge in [0.05, 0.1) is 24.8 Å². The molecule has 0 bridgehead atoms. The number of hydrogen-bond acceptors (Lipinski definition) is 5. The molecule has 4 rings (SSSR count). The summed E-state index contributed by atoms with van der Waals surface area (Å²) in [4.78, 5) is 10.5. The molecule has 0 atom stereocenters. The molecule has 1 aliphatic carbocycles. The van der Waals surface area contributed by atoms with Crippen molar-refractivity contribution in [2.24, 2.45) is 4.99 Å². The lowest BCUT2D eigenvalue weighted by molar-refractivity contribution is 0.355. The summed E-state index contributed by atoms with van der Waals surface area (Å²) < 4.78 is 10.6. The number of aryl methyl sites for hydroxylation is 2. The Hall–Kier alpha value is -2.66. The minimum Gasteiger partial charge on any atom is -0.493 e. The van der Waals surface area contributed by atoms with Crippen molar-refractivity contribution in [3.05, 3.63) is 59.3 Å². The van der Waals surface area contributed by atoms with Crippen molar-refractivity contribution in [2.75, 3.05) is 14.2 Å². The van der Waals surface area contributed by atoms with Crippen LogP contribution < -0.4 is 9.47 Å². The SMILES string of the molecule is COc1ccc(/C=N/c2nc3c(s2)-c2ccccc2CC3)cc1OC. The molecule has 0 N–H and O–H groups in total. The van der Waals surface area contributed by atoms with E-state index in [9.17, 15) is 0 Å². The molecule has 5 heteroatoms. The molecule has 1 heterocycles. The van der Waals surface area contributed by atoms with E-state index in [4.69, 9.17) is 14.5 Å². The van der Waals surface area contributed by atoms with Gasteiger partial charge >= 0.3 is 0 Å². The number of hydrogen-bond donors (Lipinski definition) is 0. The summed E-state index contributed by atoms with van der Waals surface area (Å²) >= 11 is 1.65. The van der Waals surface area contributed by atoms with Crippen molar-refractivity contribution in [1.82, 2.24) is 4.98 Å². The van der Waals surface area contributed by atoms with Gasteiger partial charge in [0.1, 0.15) is 0 Å². The Morgan fingerprint density at radius 3 is 2.72 bits per heavy atom. The molecular formula is C20H18N2O2S. The van der Waals surface area contributed by atoms with Gasteiger partial charge in [0.15, 0.2) is 11.5 Å². The molecule has 126 valence electrons. The van der Waals surface area contributed by atoms with E-state index in [0.29, 0.717) is 11.5 Å². The third-order valence-corrected chi connectivity index (χ3v) is 5.35. The van der Waals surface area contributed by atoms with E-state index in [2.05, 4.69) is 29.3 Å². The summed E-state index contributed by atoms with van der Waals surface area (Å²) in [6, 6.07) is 14.3. The summed E-state index contributed by atoms with van der Waals surface area (Å²) in [7, 11) is 3.26. The van der Waals surface area contributed by atoms with E-state index in [1.165, 1.54) is 16.0 Å². The third-order valence-electron chi connectivity index (χ3n) is 4.31. The largest absolute Gasteiger partial charge is 0.493 e. The minimum absolute atomic E-state index is 0.693. The van der Waals surface area contributed by atoms with Crippen LogP contribution in [0.4, 0.5) is 5.13 Å². The van der Waals surface area contributed by atoms with Crippen LogP contribution in [0.5, 0.6) is 11.5 Å². The van der Waals surface area contributed by atoms with Gasteiger partial charge < -0.3 is 9.47 Å². The first kappa shape index (κ1) is 15.8. The molecule has 25 heavy (non-hydrogen) atoms. The van der Waals surface area contributed by atoms with Crippen molar-refractivity contribution in [1.29, 1.82) is 0 Å². The number of benzene rings is 2. The second kappa shape index (κ2) is 6.69. The highest BCUT2D eigenvalue weighted by Gasteiger charge is 2.20. The van der Waals surface area contributed by atoms with Gasteiger partial charge in [0.25, 0.3) is 0 Å². The average Bonchev–Trinajstić information content (AvgIpc) is 3.09. The van der Waals surface area contributed by atoms with Gasteiger partial charge in [0, 0.05) is 6.21 Å². The van der Waals surface area contributed by atoms with Gasteiger partial charge in [-0.1, -0.05) is 35.6 Å². The zero-order valence-electron chi connectivity index (χ0n) is 14.2. The average molecular weight is 350 g/mol. The van der Waals surface area contributed by atoms with Crippen molar-refractivity contribution in [3.8, 4) is 21.9 Å². The Bertz CT molecular complexity index is 947. The topological polar surface area (TPSA) is 43.7 Å². The Morgan fingerprint density at radius 2 is 1.88 bits per heavy atom. The van der Waals surface area contributed by atoms with Crippen LogP contribution >= 0.6 is 11.3 Å². The summed E-state index contributed by atoms with van der Waals surface area (Å²) in [6.45, 7) is 0. The van der Waals surface area contributed by atoms with E-state index in [1.54, 1.807) is 25.6 Å². The predicted molar refractivity (Wildman–Crippen MR) is 102 cm³/mol.